The van der Waals surface area contributed by atoms with E-state index in [-0.39, 0.29) is 17.4 Å². The number of benzene rings is 3. The van der Waals surface area contributed by atoms with Gasteiger partial charge in [0.25, 0.3) is 0 Å². The van der Waals surface area contributed by atoms with Gasteiger partial charge in [-0.05, 0) is 42.3 Å². The van der Waals surface area contributed by atoms with Gasteiger partial charge in [-0.2, -0.15) is 0 Å². The summed E-state index contributed by atoms with van der Waals surface area (Å²) in [5.74, 6) is 0.320. The molecule has 3 aromatic rings. The van der Waals surface area contributed by atoms with E-state index in [1.807, 2.05) is 25.1 Å². The third-order valence-electron chi connectivity index (χ3n) is 5.17. The molecule has 3 aromatic carbocycles. The molecule has 1 heterocycles. The number of rotatable bonds is 3. The Labute approximate surface area is 156 Å². The van der Waals surface area contributed by atoms with Gasteiger partial charge in [0.15, 0.2) is 0 Å². The number of hydrogen-bond acceptors (Lipinski definition) is 4. The molecule has 0 spiro atoms. The van der Waals surface area contributed by atoms with Crippen molar-refractivity contribution < 1.29 is 19.7 Å². The number of hydrogen-bond donors (Lipinski definition) is 3. The SMILES string of the molecule is COc1ccc([C@@]2(c3ccc(O)cc3)C(=O)Nc3c(C)cccc32)c(O)c1. The van der Waals surface area contributed by atoms with E-state index < -0.39 is 5.41 Å². The summed E-state index contributed by atoms with van der Waals surface area (Å²) < 4.78 is 5.19. The first kappa shape index (κ1) is 17.0. The van der Waals surface area contributed by atoms with Gasteiger partial charge in [-0.15, -0.1) is 0 Å². The van der Waals surface area contributed by atoms with E-state index in [0.717, 1.165) is 16.8 Å². The van der Waals surface area contributed by atoms with Crippen LogP contribution in [0.1, 0.15) is 22.3 Å². The van der Waals surface area contributed by atoms with E-state index in [1.165, 1.54) is 13.2 Å². The molecule has 1 aliphatic heterocycles. The van der Waals surface area contributed by atoms with Crippen molar-refractivity contribution in [3.63, 3.8) is 0 Å². The van der Waals surface area contributed by atoms with E-state index in [4.69, 9.17) is 4.74 Å². The standard InChI is InChI=1S/C22H19NO4/c1-13-4-3-5-18-20(13)23-21(26)22(18,14-6-8-15(24)9-7-14)17-11-10-16(27-2)12-19(17)25/h3-12,24-25H,1-2H3,(H,23,26)/t22-/m1/s1. The molecule has 1 amide bonds. The number of ether oxygens (including phenoxy) is 1. The summed E-state index contributed by atoms with van der Waals surface area (Å²) in [5.41, 5.74) is 2.32. The summed E-state index contributed by atoms with van der Waals surface area (Å²) in [6, 6.07) is 17.1. The molecule has 0 fully saturated rings. The summed E-state index contributed by atoms with van der Waals surface area (Å²) in [6.45, 7) is 1.93. The second-order valence-electron chi connectivity index (χ2n) is 6.63. The van der Waals surface area contributed by atoms with Crippen LogP contribution in [0.3, 0.4) is 0 Å². The fourth-order valence-electron chi connectivity index (χ4n) is 3.85. The summed E-state index contributed by atoms with van der Waals surface area (Å²) >= 11 is 0. The molecule has 4 rings (SSSR count). The van der Waals surface area contributed by atoms with E-state index in [1.54, 1.807) is 36.4 Å². The Bertz CT molecular complexity index is 1040. The fourth-order valence-corrected chi connectivity index (χ4v) is 3.85. The highest BCUT2D eigenvalue weighted by Crippen LogP contribution is 2.51. The van der Waals surface area contributed by atoms with Crippen molar-refractivity contribution in [2.24, 2.45) is 0 Å². The van der Waals surface area contributed by atoms with Crippen molar-refractivity contribution in [1.29, 1.82) is 0 Å². The van der Waals surface area contributed by atoms with Crippen LogP contribution in [0, 0.1) is 6.92 Å². The number of fused-ring (bicyclic) bond motifs is 1. The zero-order valence-electron chi connectivity index (χ0n) is 15.0. The number of methoxy groups -OCH3 is 1. The molecule has 3 N–H and O–H groups in total. The molecule has 136 valence electrons. The Morgan fingerprint density at radius 2 is 1.70 bits per heavy atom. The smallest absolute Gasteiger partial charge is 0.244 e. The average Bonchev–Trinajstić information content (AvgIpc) is 2.96. The predicted molar refractivity (Wildman–Crippen MR) is 102 cm³/mol. The van der Waals surface area contributed by atoms with Gasteiger partial charge in [-0.25, -0.2) is 0 Å². The van der Waals surface area contributed by atoms with Crippen molar-refractivity contribution in [3.8, 4) is 17.2 Å². The van der Waals surface area contributed by atoms with Gasteiger partial charge in [-0.3, -0.25) is 4.79 Å². The fraction of sp³-hybridized carbons (Fsp3) is 0.136. The summed E-state index contributed by atoms with van der Waals surface area (Å²) in [5, 5.41) is 23.5. The minimum atomic E-state index is -1.23. The maximum absolute atomic E-state index is 13.4. The highest BCUT2D eigenvalue weighted by Gasteiger charge is 2.51. The molecule has 0 saturated heterocycles. The van der Waals surface area contributed by atoms with Crippen molar-refractivity contribution in [3.05, 3.63) is 82.9 Å². The normalized spacial score (nSPS) is 18.1. The van der Waals surface area contributed by atoms with Gasteiger partial charge in [0.2, 0.25) is 5.91 Å². The Morgan fingerprint density at radius 3 is 2.37 bits per heavy atom. The van der Waals surface area contributed by atoms with Crippen LogP contribution in [0.15, 0.2) is 60.7 Å². The first-order valence-electron chi connectivity index (χ1n) is 8.57. The van der Waals surface area contributed by atoms with Crippen LogP contribution < -0.4 is 10.1 Å². The second kappa shape index (κ2) is 6.06. The molecule has 1 aliphatic rings. The minimum Gasteiger partial charge on any atom is -0.508 e. The van der Waals surface area contributed by atoms with Crippen molar-refractivity contribution in [1.82, 2.24) is 0 Å². The van der Waals surface area contributed by atoms with Gasteiger partial charge < -0.3 is 20.3 Å². The Hall–Kier alpha value is -3.47. The predicted octanol–water partition coefficient (Wildman–Crippen LogP) is 3.70. The molecular weight excluding hydrogens is 342 g/mol. The third kappa shape index (κ3) is 2.35. The molecular formula is C22H19NO4. The topological polar surface area (TPSA) is 78.8 Å². The minimum absolute atomic E-state index is 0.0352. The lowest BCUT2D eigenvalue weighted by atomic mass is 9.69. The largest absolute Gasteiger partial charge is 0.508 e. The average molecular weight is 361 g/mol. The van der Waals surface area contributed by atoms with Gasteiger partial charge >= 0.3 is 0 Å². The van der Waals surface area contributed by atoms with E-state index in [9.17, 15) is 15.0 Å². The lowest BCUT2D eigenvalue weighted by molar-refractivity contribution is -0.118. The number of nitrogens with one attached hydrogen (secondary N) is 1. The van der Waals surface area contributed by atoms with Gasteiger partial charge in [0.1, 0.15) is 22.7 Å². The Morgan fingerprint density at radius 1 is 0.963 bits per heavy atom. The lowest BCUT2D eigenvalue weighted by Crippen LogP contribution is -2.37. The number of anilines is 1. The van der Waals surface area contributed by atoms with Crippen LogP contribution in [-0.4, -0.2) is 23.2 Å². The zero-order chi connectivity index (χ0) is 19.2. The monoisotopic (exact) mass is 361 g/mol. The highest BCUT2D eigenvalue weighted by molar-refractivity contribution is 6.12. The lowest BCUT2D eigenvalue weighted by Gasteiger charge is -2.30. The van der Waals surface area contributed by atoms with Crippen LogP contribution in [0.25, 0.3) is 0 Å². The molecule has 0 unspecified atom stereocenters. The number of aromatic hydroxyl groups is 2. The molecule has 27 heavy (non-hydrogen) atoms. The number of aryl methyl sites for hydroxylation is 1. The Balaban J connectivity index is 2.09. The van der Waals surface area contributed by atoms with Gasteiger partial charge in [0, 0.05) is 22.9 Å². The summed E-state index contributed by atoms with van der Waals surface area (Å²) in [4.78, 5) is 13.4. The van der Waals surface area contributed by atoms with Crippen molar-refractivity contribution >= 4 is 11.6 Å². The molecule has 1 atom stereocenters. The zero-order valence-corrected chi connectivity index (χ0v) is 15.0. The first-order chi connectivity index (χ1) is 13.0. The first-order valence-corrected chi connectivity index (χ1v) is 8.57. The van der Waals surface area contributed by atoms with Crippen LogP contribution in [0.5, 0.6) is 17.2 Å². The molecule has 0 saturated carbocycles. The molecule has 0 radical (unpaired) electrons. The number of phenols is 2. The van der Waals surface area contributed by atoms with Crippen molar-refractivity contribution in [2.75, 3.05) is 12.4 Å². The molecule has 5 nitrogen and oxygen atoms in total. The number of phenolic OH excluding ortho intramolecular Hbond substituents is 2. The number of carbonyl (C=O) groups excluding carboxylic acids is 1. The van der Waals surface area contributed by atoms with E-state index in [0.29, 0.717) is 16.9 Å². The number of amides is 1. The second-order valence-corrected chi connectivity index (χ2v) is 6.63. The summed E-state index contributed by atoms with van der Waals surface area (Å²) in [6.07, 6.45) is 0. The maximum atomic E-state index is 13.4. The van der Waals surface area contributed by atoms with E-state index >= 15 is 0 Å². The maximum Gasteiger partial charge on any atom is 0.244 e. The van der Waals surface area contributed by atoms with Gasteiger partial charge in [0.05, 0.1) is 7.11 Å². The van der Waals surface area contributed by atoms with Gasteiger partial charge in [-0.1, -0.05) is 30.3 Å². The quantitative estimate of drug-likeness (QED) is 0.665. The van der Waals surface area contributed by atoms with Crippen LogP contribution >= 0.6 is 0 Å². The molecule has 0 aromatic heterocycles. The van der Waals surface area contributed by atoms with Crippen LogP contribution in [-0.2, 0) is 10.2 Å². The molecule has 0 aliphatic carbocycles. The number of para-hydroxylation sites is 1. The van der Waals surface area contributed by atoms with Crippen LogP contribution in [0.4, 0.5) is 5.69 Å². The summed E-state index contributed by atoms with van der Waals surface area (Å²) in [7, 11) is 1.52. The third-order valence-corrected chi connectivity index (χ3v) is 5.17. The van der Waals surface area contributed by atoms with Crippen LogP contribution in [0.2, 0.25) is 0 Å². The van der Waals surface area contributed by atoms with Crippen molar-refractivity contribution in [2.45, 2.75) is 12.3 Å². The molecule has 0 bridgehead atoms. The molecule has 5 heteroatoms. The number of carbonyl (C=O) groups is 1. The van der Waals surface area contributed by atoms with E-state index in [2.05, 4.69) is 5.32 Å². The highest BCUT2D eigenvalue weighted by atomic mass is 16.5. The Kier molecular flexibility index (Phi) is 3.81.